The summed E-state index contributed by atoms with van der Waals surface area (Å²) in [4.78, 5) is 17.8. The van der Waals surface area contributed by atoms with Crippen molar-refractivity contribution in [1.82, 2.24) is 29.5 Å². The molecule has 2 aliphatic rings. The first kappa shape index (κ1) is 18.8. The van der Waals surface area contributed by atoms with Gasteiger partial charge in [-0.3, -0.25) is 4.98 Å². The molecule has 0 radical (unpaired) electrons. The topological polar surface area (TPSA) is 71.8 Å². The minimum atomic E-state index is 0.270. The molecule has 0 unspecified atom stereocenters. The van der Waals surface area contributed by atoms with Gasteiger partial charge in [-0.2, -0.15) is 9.97 Å². The van der Waals surface area contributed by atoms with E-state index in [0.717, 1.165) is 43.5 Å². The molecule has 8 heteroatoms. The average molecular weight is 412 g/mol. The molecule has 29 heavy (non-hydrogen) atoms. The van der Waals surface area contributed by atoms with Crippen LogP contribution in [0.3, 0.4) is 0 Å². The van der Waals surface area contributed by atoms with Gasteiger partial charge in [-0.15, -0.1) is 0 Å². The predicted octanol–water partition coefficient (Wildman–Crippen LogP) is 4.27. The molecule has 5 rings (SSSR count). The van der Waals surface area contributed by atoms with Crippen LogP contribution >= 0.6 is 11.6 Å². The van der Waals surface area contributed by atoms with Crippen LogP contribution in [0.1, 0.15) is 50.1 Å². The molecule has 3 aromatic rings. The molecule has 1 aliphatic heterocycles. The van der Waals surface area contributed by atoms with Gasteiger partial charge < -0.3 is 9.99 Å². The summed E-state index contributed by atoms with van der Waals surface area (Å²) in [5.41, 5.74) is 6.43. The minimum Gasteiger partial charge on any atom is -0.312 e. The number of hydrogen-bond donors (Lipinski definition) is 1. The normalized spacial score (nSPS) is 19.2. The first-order valence-corrected chi connectivity index (χ1v) is 10.9. The summed E-state index contributed by atoms with van der Waals surface area (Å²) in [6, 6.07) is 4.65. The lowest BCUT2D eigenvalue weighted by Gasteiger charge is -2.32. The fourth-order valence-electron chi connectivity index (χ4n) is 4.67. The van der Waals surface area contributed by atoms with Crippen LogP contribution in [0, 0.1) is 5.92 Å². The molecule has 152 valence electrons. The van der Waals surface area contributed by atoms with Gasteiger partial charge in [0, 0.05) is 31.5 Å². The Morgan fingerprint density at radius 1 is 1.10 bits per heavy atom. The molecule has 4 heterocycles. The van der Waals surface area contributed by atoms with Crippen molar-refractivity contribution < 1.29 is 0 Å². The monoisotopic (exact) mass is 411 g/mol. The van der Waals surface area contributed by atoms with Gasteiger partial charge in [0.2, 0.25) is 5.28 Å². The lowest BCUT2D eigenvalue weighted by atomic mass is 9.91. The third kappa shape index (κ3) is 4.07. The van der Waals surface area contributed by atoms with Gasteiger partial charge in [0.05, 0.1) is 6.33 Å². The van der Waals surface area contributed by atoms with E-state index in [2.05, 4.69) is 41.0 Å². The predicted molar refractivity (Wildman–Crippen MR) is 114 cm³/mol. The van der Waals surface area contributed by atoms with Gasteiger partial charge in [0.1, 0.15) is 0 Å². The maximum Gasteiger partial charge on any atom is 0.226 e. The summed E-state index contributed by atoms with van der Waals surface area (Å²) in [6.07, 6.45) is 14.0. The van der Waals surface area contributed by atoms with Gasteiger partial charge >= 0.3 is 0 Å². The Hall–Kier alpha value is -2.25. The molecular formula is C21H26ClN7. The average Bonchev–Trinajstić information content (AvgIpc) is 3.40. The number of piperidine rings is 1. The van der Waals surface area contributed by atoms with Crippen LogP contribution in [-0.2, 0) is 6.42 Å². The number of halogens is 1. The molecule has 1 saturated heterocycles. The molecule has 0 bridgehead atoms. The van der Waals surface area contributed by atoms with Crippen LogP contribution in [0.4, 0.5) is 5.82 Å². The standard InChI is InChI=1S/C21H26ClN7/c22-21-25-19(18-20(26-21)29(14-24-18)17-5-1-2-6-17)27-28-10-7-15(8-11-28)12-16-4-3-9-23-13-16/h3-4,9,13-15,17H,1-2,5-8,10-12H2,(H,25,26,27). The van der Waals surface area contributed by atoms with Crippen LogP contribution in [0.25, 0.3) is 11.2 Å². The number of rotatable bonds is 5. The summed E-state index contributed by atoms with van der Waals surface area (Å²) in [5.74, 6) is 1.40. The Labute approximate surface area is 175 Å². The van der Waals surface area contributed by atoms with E-state index in [0.29, 0.717) is 17.8 Å². The molecule has 1 aliphatic carbocycles. The van der Waals surface area contributed by atoms with Crippen LogP contribution in [0.5, 0.6) is 0 Å². The summed E-state index contributed by atoms with van der Waals surface area (Å²) in [7, 11) is 0. The highest BCUT2D eigenvalue weighted by atomic mass is 35.5. The van der Waals surface area contributed by atoms with E-state index < -0.39 is 0 Å². The van der Waals surface area contributed by atoms with Crippen molar-refractivity contribution in [3.63, 3.8) is 0 Å². The Bertz CT molecular complexity index is 960. The fourth-order valence-corrected chi connectivity index (χ4v) is 4.83. The second-order valence-electron chi connectivity index (χ2n) is 8.21. The molecule has 1 N–H and O–H groups in total. The number of fused-ring (bicyclic) bond motifs is 1. The Morgan fingerprint density at radius 3 is 2.69 bits per heavy atom. The number of aromatic nitrogens is 5. The first-order chi connectivity index (χ1) is 14.3. The molecule has 7 nitrogen and oxygen atoms in total. The third-order valence-electron chi connectivity index (χ3n) is 6.24. The van der Waals surface area contributed by atoms with Crippen LogP contribution in [-0.4, -0.2) is 42.6 Å². The zero-order valence-electron chi connectivity index (χ0n) is 16.5. The van der Waals surface area contributed by atoms with Crippen LogP contribution < -0.4 is 5.43 Å². The largest absolute Gasteiger partial charge is 0.312 e. The van der Waals surface area contributed by atoms with E-state index in [1.807, 2.05) is 24.8 Å². The van der Waals surface area contributed by atoms with E-state index in [1.54, 1.807) is 0 Å². The van der Waals surface area contributed by atoms with E-state index in [1.165, 1.54) is 31.2 Å². The summed E-state index contributed by atoms with van der Waals surface area (Å²) < 4.78 is 2.18. The van der Waals surface area contributed by atoms with Crippen molar-refractivity contribution in [2.75, 3.05) is 18.5 Å². The summed E-state index contributed by atoms with van der Waals surface area (Å²) in [6.45, 7) is 1.94. The van der Waals surface area contributed by atoms with Crippen molar-refractivity contribution in [1.29, 1.82) is 0 Å². The fraction of sp³-hybridized carbons (Fsp3) is 0.524. The van der Waals surface area contributed by atoms with Crippen molar-refractivity contribution in [3.05, 3.63) is 41.7 Å². The lowest BCUT2D eigenvalue weighted by Crippen LogP contribution is -2.38. The van der Waals surface area contributed by atoms with Crippen molar-refractivity contribution in [2.24, 2.45) is 5.92 Å². The Kier molecular flexibility index (Phi) is 5.33. The van der Waals surface area contributed by atoms with Crippen LogP contribution in [0.15, 0.2) is 30.9 Å². The van der Waals surface area contributed by atoms with E-state index >= 15 is 0 Å². The van der Waals surface area contributed by atoms with Gasteiger partial charge in [0.25, 0.3) is 0 Å². The SMILES string of the molecule is Clc1nc(NN2CCC(Cc3cccnc3)CC2)c2ncn(C3CCCC3)c2n1. The molecule has 3 aromatic heterocycles. The maximum absolute atomic E-state index is 6.26. The van der Waals surface area contributed by atoms with E-state index in [9.17, 15) is 0 Å². The Morgan fingerprint density at radius 2 is 1.93 bits per heavy atom. The van der Waals surface area contributed by atoms with Gasteiger partial charge in [-0.1, -0.05) is 18.9 Å². The van der Waals surface area contributed by atoms with Crippen LogP contribution in [0.2, 0.25) is 5.28 Å². The first-order valence-electron chi connectivity index (χ1n) is 10.6. The molecule has 2 fully saturated rings. The third-order valence-corrected chi connectivity index (χ3v) is 6.41. The molecule has 1 saturated carbocycles. The highest BCUT2D eigenvalue weighted by molar-refractivity contribution is 6.28. The van der Waals surface area contributed by atoms with Crippen molar-refractivity contribution in [2.45, 2.75) is 51.0 Å². The zero-order chi connectivity index (χ0) is 19.6. The van der Waals surface area contributed by atoms with E-state index in [-0.39, 0.29) is 5.28 Å². The number of hydrazine groups is 1. The second kappa shape index (κ2) is 8.24. The number of anilines is 1. The molecule has 0 aromatic carbocycles. The molecule has 0 spiro atoms. The second-order valence-corrected chi connectivity index (χ2v) is 8.55. The molecular weight excluding hydrogens is 386 g/mol. The minimum absolute atomic E-state index is 0.270. The summed E-state index contributed by atoms with van der Waals surface area (Å²) >= 11 is 6.26. The quantitative estimate of drug-likeness (QED) is 0.632. The van der Waals surface area contributed by atoms with E-state index in [4.69, 9.17) is 11.6 Å². The number of imidazole rings is 1. The molecule has 0 atom stereocenters. The van der Waals surface area contributed by atoms with Gasteiger partial charge in [-0.05, 0) is 61.3 Å². The highest BCUT2D eigenvalue weighted by Gasteiger charge is 2.24. The van der Waals surface area contributed by atoms with Crippen molar-refractivity contribution in [3.8, 4) is 0 Å². The van der Waals surface area contributed by atoms with Gasteiger partial charge in [0.15, 0.2) is 17.0 Å². The number of nitrogens with zero attached hydrogens (tertiary/aromatic N) is 6. The highest BCUT2D eigenvalue weighted by Crippen LogP contribution is 2.33. The zero-order valence-corrected chi connectivity index (χ0v) is 17.2. The lowest BCUT2D eigenvalue weighted by molar-refractivity contribution is 0.216. The number of pyridine rings is 1. The smallest absolute Gasteiger partial charge is 0.226 e. The summed E-state index contributed by atoms with van der Waals surface area (Å²) in [5, 5.41) is 2.50. The van der Waals surface area contributed by atoms with Crippen molar-refractivity contribution >= 4 is 28.6 Å². The Balaban J connectivity index is 1.27. The number of hydrogen-bond acceptors (Lipinski definition) is 6. The molecule has 0 amide bonds. The number of nitrogens with one attached hydrogen (secondary N) is 1. The maximum atomic E-state index is 6.26. The van der Waals surface area contributed by atoms with Gasteiger partial charge in [-0.25, -0.2) is 9.99 Å².